The predicted molar refractivity (Wildman–Crippen MR) is 410 cm³/mol. The molecule has 2 fully saturated rings. The second-order valence-corrected chi connectivity index (χ2v) is 31.0. The van der Waals surface area contributed by atoms with Gasteiger partial charge in [0.25, 0.3) is 0 Å². The van der Waals surface area contributed by atoms with E-state index >= 15 is 33.2 Å². The number of nitrogens with zero attached hydrogens (tertiary/aromatic N) is 5. The molecule has 604 valence electrons. The Labute approximate surface area is 651 Å². The number of likely N-dealkylation sites (N-methyl/N-ethyl adjacent to an activating group) is 1. The van der Waals surface area contributed by atoms with Crippen molar-refractivity contribution < 1.29 is 85.7 Å². The number of quaternary nitrogens is 1. The minimum Gasteiger partial charge on any atom is -0.497 e. The van der Waals surface area contributed by atoms with Crippen molar-refractivity contribution in [2.24, 2.45) is 0 Å². The Morgan fingerprint density at radius 1 is 0.696 bits per heavy atom. The quantitative estimate of drug-likeness (QED) is 0.0624. The monoisotopic (exact) mass is 1550 g/mol. The first-order valence-corrected chi connectivity index (χ1v) is 38.8. The number of amides is 12. The minimum absolute atomic E-state index is 0.0136. The van der Waals surface area contributed by atoms with Gasteiger partial charge in [0.15, 0.2) is 0 Å². The van der Waals surface area contributed by atoms with E-state index in [1.54, 1.807) is 72.6 Å². The number of aromatic nitrogens is 1. The number of carbonyl (C=O) groups excluding carboxylic acids is 12. The molecular weight excluding hydrogens is 1440 g/mol. The number of fused-ring (bicyclic) bond motifs is 16. The van der Waals surface area contributed by atoms with Crippen LogP contribution in [0.25, 0.3) is 10.9 Å². The molecule has 0 saturated carbocycles. The number of aliphatic hydroxyl groups excluding tert-OH is 1. The molecule has 12 amide bonds. The number of aliphatic hydroxyl groups is 1. The molecule has 6 aliphatic rings. The molecule has 10 N–H and O–H groups in total. The maximum Gasteiger partial charge on any atom is 0.246 e. The minimum atomic E-state index is -1.86. The molecule has 7 heterocycles. The SMILES string of the molecule is COc1ccc(C[C@@H]2NC(=O)C([C@@H](C)O)NC(=O)C3[C@@H]4CCN3C(=O)[C@@H]3Cc5cn(c6ccc(F)cc56)CCCCCCN(Cc5ccc(cc5)CCNC(=O)[C@]5(C)CCCN5C2=O)C(=O)CCC(=O)N[C@@H](C)C(=O)N[C@H](CNC(=O)CCOCC[N+](C)(C)C)C(=O)N[C@@H](Cc2cccc(c2)CNC(=O)CO4)C(=O)N3)cc1. The van der Waals surface area contributed by atoms with E-state index in [0.29, 0.717) is 108 Å². The van der Waals surface area contributed by atoms with Crippen LogP contribution in [0.4, 0.5) is 4.39 Å². The third kappa shape index (κ3) is 22.7. The Bertz CT molecular complexity index is 4230. The smallest absolute Gasteiger partial charge is 0.246 e. The van der Waals surface area contributed by atoms with Crippen LogP contribution in [0.15, 0.2) is 97.2 Å². The number of rotatable bonds is 12. The summed E-state index contributed by atoms with van der Waals surface area (Å²) in [5.74, 6) is -9.25. The fourth-order valence-electron chi connectivity index (χ4n) is 14.9. The van der Waals surface area contributed by atoms with E-state index in [0.717, 1.165) is 16.0 Å². The normalized spacial score (nSPS) is 24.9. The first-order valence-electron chi connectivity index (χ1n) is 38.8. The van der Waals surface area contributed by atoms with Gasteiger partial charge in [-0.3, -0.25) is 57.5 Å². The van der Waals surface area contributed by atoms with E-state index in [1.807, 2.05) is 50.0 Å². The highest BCUT2D eigenvalue weighted by molar-refractivity contribution is 6.00. The van der Waals surface area contributed by atoms with Crippen molar-refractivity contribution >= 4 is 81.8 Å². The Kier molecular flexibility index (Phi) is 29.1. The number of nitrogens with one attached hydrogen (secondary N) is 9. The summed E-state index contributed by atoms with van der Waals surface area (Å²) in [5.41, 5.74) is 2.71. The number of hydrogen-bond donors (Lipinski definition) is 10. The Hall–Kier alpha value is -10.4. The van der Waals surface area contributed by atoms with Crippen LogP contribution in [0.3, 0.4) is 0 Å². The average molecular weight is 1550 g/mol. The van der Waals surface area contributed by atoms with E-state index in [1.165, 1.54) is 38.0 Å². The van der Waals surface area contributed by atoms with Gasteiger partial charge < -0.3 is 90.9 Å². The van der Waals surface area contributed by atoms with E-state index in [9.17, 15) is 33.9 Å². The second-order valence-electron chi connectivity index (χ2n) is 31.0. The van der Waals surface area contributed by atoms with Gasteiger partial charge in [-0.1, -0.05) is 73.5 Å². The molecule has 2 saturated heterocycles. The Morgan fingerprint density at radius 2 is 1.42 bits per heavy atom. The second kappa shape index (κ2) is 38.7. The largest absolute Gasteiger partial charge is 0.497 e. The standard InChI is InChI=1S/C81H107FN14O16/c1-50-73(102)90-64(46-85-67(98)30-38-111-39-37-96(4,5)6)75(104)87-61-42-55-14-12-15-56(40-55)45-84-69(100)49-112-66-29-36-94-72(66)77(106)91-71(51(2)97)76(105)89-62(41-53-20-23-59(110-7)24-21-53)79(108)95-35-13-31-81(95,3)80(109)83-32-28-52-16-18-54(19-17-52)47-93(70(101)27-26-68(99)86-50)34-11-9-8-10-33-92-48-57(43-63(78(94)107)88-74(61)103)60-44-58(82)22-25-65(60)92/h12,14-25,40,44,48,50-51,61-64,66,71-72,97H,8-11,13,26-39,41-43,45-47,49H2,1-7H3,(H8-,83,84,85,86,87,88,89,90,91,98,99,100,102,103,104,105,106,109)/p+1/t50-,51+,61-,62-,63-,64+,66-,71?,72?,81-/m0/s1. The van der Waals surface area contributed by atoms with Gasteiger partial charge in [0.05, 0.1) is 53.7 Å². The molecule has 12 bridgehead atoms. The Morgan fingerprint density at radius 3 is 2.16 bits per heavy atom. The van der Waals surface area contributed by atoms with Crippen molar-refractivity contribution in [1.82, 2.24) is 67.1 Å². The maximum absolute atomic E-state index is 16.2. The van der Waals surface area contributed by atoms with E-state index in [4.69, 9.17) is 14.2 Å². The number of hydrogen-bond acceptors (Lipinski definition) is 16. The lowest BCUT2D eigenvalue weighted by Gasteiger charge is -2.37. The average Bonchev–Trinajstić information content (AvgIpc) is 1.63. The summed E-state index contributed by atoms with van der Waals surface area (Å²) in [6.07, 6.45) is 0.639. The number of benzene rings is 4. The van der Waals surface area contributed by atoms with E-state index < -0.39 is 144 Å². The fourth-order valence-corrected chi connectivity index (χ4v) is 14.9. The van der Waals surface area contributed by atoms with Gasteiger partial charge in [0, 0.05) is 108 Å². The predicted octanol–water partition coefficient (Wildman–Crippen LogP) is 1.41. The number of methoxy groups -OCH3 is 1. The molecule has 10 atom stereocenters. The van der Waals surface area contributed by atoms with Crippen LogP contribution in [-0.2, 0) is 112 Å². The van der Waals surface area contributed by atoms with E-state index in [2.05, 4.69) is 47.9 Å². The summed E-state index contributed by atoms with van der Waals surface area (Å²) in [6.45, 7) is 4.89. The van der Waals surface area contributed by atoms with Crippen molar-refractivity contribution in [3.05, 3.63) is 136 Å². The zero-order chi connectivity index (χ0) is 80.4. The summed E-state index contributed by atoms with van der Waals surface area (Å²) >= 11 is 0. The third-order valence-corrected chi connectivity index (χ3v) is 21.4. The van der Waals surface area contributed by atoms with Crippen molar-refractivity contribution in [3.63, 3.8) is 0 Å². The summed E-state index contributed by atoms with van der Waals surface area (Å²) < 4.78 is 35.8. The lowest BCUT2D eigenvalue weighted by Crippen LogP contribution is -2.64. The molecule has 30 nitrogen and oxygen atoms in total. The van der Waals surface area contributed by atoms with Gasteiger partial charge in [0.1, 0.15) is 72.6 Å². The van der Waals surface area contributed by atoms with Crippen molar-refractivity contribution in [2.45, 2.75) is 190 Å². The number of ether oxygens (including phenoxy) is 3. The zero-order valence-electron chi connectivity index (χ0n) is 65.0. The van der Waals surface area contributed by atoms with Gasteiger partial charge in [-0.15, -0.1) is 0 Å². The van der Waals surface area contributed by atoms with Gasteiger partial charge in [0.2, 0.25) is 70.9 Å². The van der Waals surface area contributed by atoms with Crippen molar-refractivity contribution in [1.29, 1.82) is 0 Å². The van der Waals surface area contributed by atoms with Gasteiger partial charge in [-0.05, 0) is 123 Å². The van der Waals surface area contributed by atoms with Gasteiger partial charge >= 0.3 is 0 Å². The molecule has 0 aliphatic carbocycles. The molecule has 6 aliphatic heterocycles. The number of carbonyl (C=O) groups is 12. The van der Waals surface area contributed by atoms with Crippen LogP contribution in [-0.4, -0.2) is 247 Å². The molecule has 0 spiro atoms. The molecular formula is C81H108FN14O16+. The third-order valence-electron chi connectivity index (χ3n) is 21.4. The first-order chi connectivity index (χ1) is 53.5. The molecule has 5 aromatic rings. The van der Waals surface area contributed by atoms with Crippen molar-refractivity contribution in [3.8, 4) is 5.75 Å². The first kappa shape index (κ1) is 84.1. The summed E-state index contributed by atoms with van der Waals surface area (Å²) in [7, 11) is 7.45. The number of halogens is 1. The maximum atomic E-state index is 16.2. The lowest BCUT2D eigenvalue weighted by atomic mass is 9.95. The van der Waals surface area contributed by atoms with Gasteiger partial charge in [-0.2, -0.15) is 0 Å². The zero-order valence-corrected chi connectivity index (χ0v) is 65.0. The highest BCUT2D eigenvalue weighted by atomic mass is 19.1. The van der Waals surface area contributed by atoms with Crippen LogP contribution in [0.1, 0.15) is 118 Å². The topological polar surface area (TPSA) is 376 Å². The molecule has 0 radical (unpaired) electrons. The van der Waals surface area contributed by atoms with Gasteiger partial charge in [-0.25, -0.2) is 4.39 Å². The van der Waals surface area contributed by atoms with Crippen molar-refractivity contribution in [2.75, 3.05) is 87.3 Å². The van der Waals surface area contributed by atoms with Crippen LogP contribution in [0.2, 0.25) is 0 Å². The van der Waals surface area contributed by atoms with Crippen LogP contribution >= 0.6 is 0 Å². The molecule has 31 heteroatoms. The molecule has 11 rings (SSSR count). The van der Waals surface area contributed by atoms with Crippen LogP contribution in [0.5, 0.6) is 5.75 Å². The molecule has 2 unspecified atom stereocenters. The summed E-state index contributed by atoms with van der Waals surface area (Å²) in [4.78, 5) is 182. The highest BCUT2D eigenvalue weighted by Gasteiger charge is 2.50. The number of aryl methyl sites for hydroxylation is 1. The van der Waals surface area contributed by atoms with Crippen LogP contribution in [0, 0.1) is 5.82 Å². The fraction of sp³-hybridized carbons (Fsp3) is 0.531. The van der Waals surface area contributed by atoms with Crippen LogP contribution < -0.4 is 52.6 Å². The summed E-state index contributed by atoms with van der Waals surface area (Å²) in [5, 5.41) is 37.0. The highest BCUT2D eigenvalue weighted by Crippen LogP contribution is 2.32. The Balaban J connectivity index is 1.08. The van der Waals surface area contributed by atoms with E-state index in [-0.39, 0.29) is 96.6 Å². The molecule has 4 aromatic carbocycles. The molecule has 112 heavy (non-hydrogen) atoms. The summed E-state index contributed by atoms with van der Waals surface area (Å²) in [6, 6.07) is 13.9. The molecule has 1 aromatic heterocycles. The lowest BCUT2D eigenvalue weighted by molar-refractivity contribution is -0.870.